The Kier molecular flexibility index (Phi) is 4.95. The third kappa shape index (κ3) is 3.77. The number of nitrogens with zero attached hydrogens (tertiary/aromatic N) is 3. The molecule has 0 aliphatic rings. The number of benzene rings is 1. The van der Waals surface area contributed by atoms with Crippen molar-refractivity contribution in [3.8, 4) is 0 Å². The highest BCUT2D eigenvalue weighted by Gasteiger charge is 2.13. The maximum atomic E-state index is 12.3. The van der Waals surface area contributed by atoms with E-state index in [1.165, 1.54) is 9.08 Å². The van der Waals surface area contributed by atoms with Gasteiger partial charge >= 0.3 is 5.69 Å². The first kappa shape index (κ1) is 16.9. The van der Waals surface area contributed by atoms with Gasteiger partial charge < -0.3 is 11.1 Å². The van der Waals surface area contributed by atoms with Gasteiger partial charge in [0.25, 0.3) is 0 Å². The van der Waals surface area contributed by atoms with E-state index in [1.54, 1.807) is 24.4 Å². The highest BCUT2D eigenvalue weighted by molar-refractivity contribution is 5.94. The monoisotopic (exact) mass is 339 g/mol. The number of amides is 1. The van der Waals surface area contributed by atoms with Crippen LogP contribution in [0.25, 0.3) is 5.65 Å². The Morgan fingerprint density at radius 3 is 2.88 bits per heavy atom. The van der Waals surface area contributed by atoms with Gasteiger partial charge in [-0.15, -0.1) is 5.10 Å². The largest absolute Gasteiger partial charge is 0.350 e. The maximum Gasteiger partial charge on any atom is 0.350 e. The van der Waals surface area contributed by atoms with Crippen molar-refractivity contribution < 1.29 is 4.79 Å². The molecule has 7 nitrogen and oxygen atoms in total. The molecule has 1 unspecified atom stereocenters. The summed E-state index contributed by atoms with van der Waals surface area (Å²) in [6, 6.07) is 12.2. The summed E-state index contributed by atoms with van der Waals surface area (Å²) in [6.45, 7) is 2.31. The Bertz CT molecular complexity index is 944. The lowest BCUT2D eigenvalue weighted by atomic mass is 10.1. The number of rotatable bonds is 6. The first-order chi connectivity index (χ1) is 12.1. The number of hydrogen-bond acceptors (Lipinski definition) is 4. The standard InChI is InChI=1S/C18H21N5O2/c1-2-6-15(19)17(24)20-14-8-5-7-13(11-14)12-23-18(25)22-10-4-3-9-16(22)21-23/h3-5,7-11,15H,2,6,12,19H2,1H3,(H,20,24). The summed E-state index contributed by atoms with van der Waals surface area (Å²) in [5.74, 6) is -0.205. The quantitative estimate of drug-likeness (QED) is 0.713. The molecular formula is C18H21N5O2. The van der Waals surface area contributed by atoms with Gasteiger partial charge in [-0.3, -0.25) is 9.20 Å². The van der Waals surface area contributed by atoms with E-state index in [-0.39, 0.29) is 11.6 Å². The van der Waals surface area contributed by atoms with Gasteiger partial charge in [0, 0.05) is 11.9 Å². The molecule has 0 aliphatic carbocycles. The van der Waals surface area contributed by atoms with E-state index in [0.29, 0.717) is 24.3 Å². The van der Waals surface area contributed by atoms with Gasteiger partial charge in [0.05, 0.1) is 12.6 Å². The summed E-state index contributed by atoms with van der Waals surface area (Å²) in [5, 5.41) is 7.13. The van der Waals surface area contributed by atoms with Crippen molar-refractivity contribution in [3.05, 3.63) is 64.7 Å². The summed E-state index contributed by atoms with van der Waals surface area (Å²) >= 11 is 0. The van der Waals surface area contributed by atoms with E-state index in [0.717, 1.165) is 12.0 Å². The molecule has 0 spiro atoms. The molecule has 1 atom stereocenters. The van der Waals surface area contributed by atoms with Crippen LogP contribution in [0.1, 0.15) is 25.3 Å². The second-order valence-electron chi connectivity index (χ2n) is 5.95. The van der Waals surface area contributed by atoms with Crippen LogP contribution in [0.2, 0.25) is 0 Å². The van der Waals surface area contributed by atoms with Gasteiger partial charge in [0.15, 0.2) is 5.65 Å². The van der Waals surface area contributed by atoms with E-state index in [4.69, 9.17) is 5.73 Å². The zero-order valence-corrected chi connectivity index (χ0v) is 14.1. The Balaban J connectivity index is 1.78. The van der Waals surface area contributed by atoms with Crippen molar-refractivity contribution in [1.29, 1.82) is 0 Å². The lowest BCUT2D eigenvalue weighted by Gasteiger charge is -2.12. The van der Waals surface area contributed by atoms with Crippen LogP contribution >= 0.6 is 0 Å². The number of fused-ring (bicyclic) bond motifs is 1. The molecule has 3 rings (SSSR count). The second kappa shape index (κ2) is 7.31. The number of carbonyl (C=O) groups is 1. The van der Waals surface area contributed by atoms with E-state index in [9.17, 15) is 9.59 Å². The predicted octanol–water partition coefficient (Wildman–Crippen LogP) is 1.61. The highest BCUT2D eigenvalue weighted by Crippen LogP contribution is 2.12. The summed E-state index contributed by atoms with van der Waals surface area (Å²) in [4.78, 5) is 24.4. The molecule has 3 aromatic rings. The number of aromatic nitrogens is 3. The molecule has 1 amide bonds. The number of pyridine rings is 1. The SMILES string of the molecule is CCCC(N)C(=O)Nc1cccc(Cn2nc3ccccn3c2=O)c1. The van der Waals surface area contributed by atoms with E-state index in [2.05, 4.69) is 10.4 Å². The van der Waals surface area contributed by atoms with E-state index in [1.807, 2.05) is 31.2 Å². The average Bonchev–Trinajstić information content (AvgIpc) is 2.92. The zero-order valence-electron chi connectivity index (χ0n) is 14.1. The van der Waals surface area contributed by atoms with Crippen LogP contribution in [0.5, 0.6) is 0 Å². The number of nitrogens with two attached hydrogens (primary N) is 1. The summed E-state index contributed by atoms with van der Waals surface area (Å²) in [6.07, 6.45) is 3.18. The summed E-state index contributed by atoms with van der Waals surface area (Å²) in [5.41, 5.74) is 7.76. The molecular weight excluding hydrogens is 318 g/mol. The van der Waals surface area contributed by atoms with Gasteiger partial charge in [-0.2, -0.15) is 0 Å². The molecule has 2 heterocycles. The molecule has 1 aromatic carbocycles. The summed E-state index contributed by atoms with van der Waals surface area (Å²) < 4.78 is 2.90. The van der Waals surface area contributed by atoms with Crippen molar-refractivity contribution in [3.63, 3.8) is 0 Å². The minimum atomic E-state index is -0.519. The van der Waals surface area contributed by atoms with Crippen LogP contribution in [0, 0.1) is 0 Å². The molecule has 2 aromatic heterocycles. The number of hydrogen-bond donors (Lipinski definition) is 2. The molecule has 0 saturated heterocycles. The topological polar surface area (TPSA) is 94.4 Å². The second-order valence-corrected chi connectivity index (χ2v) is 5.95. The Hall–Kier alpha value is -2.93. The summed E-state index contributed by atoms with van der Waals surface area (Å²) in [7, 11) is 0. The van der Waals surface area contributed by atoms with Gasteiger partial charge in [-0.05, 0) is 36.2 Å². The van der Waals surface area contributed by atoms with Crippen LogP contribution < -0.4 is 16.7 Å². The van der Waals surface area contributed by atoms with E-state index >= 15 is 0 Å². The van der Waals surface area contributed by atoms with Crippen molar-refractivity contribution in [2.75, 3.05) is 5.32 Å². The minimum absolute atomic E-state index is 0.199. The lowest BCUT2D eigenvalue weighted by Crippen LogP contribution is -2.35. The van der Waals surface area contributed by atoms with Crippen LogP contribution in [-0.2, 0) is 11.3 Å². The van der Waals surface area contributed by atoms with Crippen LogP contribution in [-0.4, -0.2) is 26.1 Å². The molecule has 0 fully saturated rings. The van der Waals surface area contributed by atoms with Gasteiger partial charge in [-0.1, -0.05) is 31.5 Å². The smallest absolute Gasteiger partial charge is 0.325 e. The van der Waals surface area contributed by atoms with Crippen LogP contribution in [0.3, 0.4) is 0 Å². The molecule has 7 heteroatoms. The first-order valence-electron chi connectivity index (χ1n) is 8.28. The Morgan fingerprint density at radius 1 is 1.28 bits per heavy atom. The Labute approximate surface area is 145 Å². The number of nitrogens with one attached hydrogen (secondary N) is 1. The molecule has 0 radical (unpaired) electrons. The first-order valence-corrected chi connectivity index (χ1v) is 8.28. The maximum absolute atomic E-state index is 12.3. The highest BCUT2D eigenvalue weighted by atomic mass is 16.2. The molecule has 0 bridgehead atoms. The van der Waals surface area contributed by atoms with Crippen molar-refractivity contribution in [2.24, 2.45) is 5.73 Å². The predicted molar refractivity (Wildman–Crippen MR) is 96.5 cm³/mol. The fourth-order valence-electron chi connectivity index (χ4n) is 2.67. The number of anilines is 1. The molecule has 130 valence electrons. The van der Waals surface area contributed by atoms with Crippen molar-refractivity contribution in [2.45, 2.75) is 32.4 Å². The van der Waals surface area contributed by atoms with Crippen LogP contribution in [0.15, 0.2) is 53.5 Å². The molecule has 0 saturated carbocycles. The zero-order chi connectivity index (χ0) is 17.8. The van der Waals surface area contributed by atoms with Crippen molar-refractivity contribution in [1.82, 2.24) is 14.2 Å². The molecule has 3 N–H and O–H groups in total. The fourth-order valence-corrected chi connectivity index (χ4v) is 2.67. The molecule has 25 heavy (non-hydrogen) atoms. The average molecular weight is 339 g/mol. The van der Waals surface area contributed by atoms with Crippen molar-refractivity contribution >= 4 is 17.2 Å². The van der Waals surface area contributed by atoms with E-state index < -0.39 is 6.04 Å². The van der Waals surface area contributed by atoms with Crippen LogP contribution in [0.4, 0.5) is 5.69 Å². The number of carbonyl (C=O) groups excluding carboxylic acids is 1. The van der Waals surface area contributed by atoms with Gasteiger partial charge in [0.2, 0.25) is 5.91 Å². The van der Waals surface area contributed by atoms with Gasteiger partial charge in [-0.25, -0.2) is 9.48 Å². The molecule has 0 aliphatic heterocycles. The van der Waals surface area contributed by atoms with Gasteiger partial charge in [0.1, 0.15) is 0 Å². The third-order valence-electron chi connectivity index (χ3n) is 3.95. The Morgan fingerprint density at radius 2 is 2.12 bits per heavy atom. The minimum Gasteiger partial charge on any atom is -0.325 e. The third-order valence-corrected chi connectivity index (χ3v) is 3.95. The lowest BCUT2D eigenvalue weighted by molar-refractivity contribution is -0.117. The fraction of sp³-hybridized carbons (Fsp3) is 0.278. The normalized spacial score (nSPS) is 12.2.